The summed E-state index contributed by atoms with van der Waals surface area (Å²) in [7, 11) is 0. The van der Waals surface area contributed by atoms with Gasteiger partial charge in [-0.3, -0.25) is 0 Å². The number of rotatable bonds is 6. The number of hydrogen-bond donors (Lipinski definition) is 2. The van der Waals surface area contributed by atoms with Gasteiger partial charge in [-0.1, -0.05) is 0 Å². The fourth-order valence-corrected chi connectivity index (χ4v) is 1.78. The monoisotopic (exact) mass is 314 g/mol. The maximum atomic E-state index is 8.76. The Bertz CT molecular complexity index is 399. The standard InChI is InChI=1S/C12H17O2.C5H5.Fe/c13-9-3-7-12(8-4-10-14)11-5-1-2-6-11;1-2-4-5-3-1;/h1-2,5-7,13-14H,3-4,8-10H2;1-5H;/q2*-1;+2. The molecule has 110 valence electrons. The minimum atomic E-state index is 0. The van der Waals surface area contributed by atoms with E-state index < -0.39 is 0 Å². The Balaban J connectivity index is 0.000000507. The molecule has 2 N–H and O–H groups in total. The molecule has 0 atom stereocenters. The van der Waals surface area contributed by atoms with Crippen LogP contribution in [0, 0.1) is 0 Å². The third-order valence-electron chi connectivity index (χ3n) is 2.71. The van der Waals surface area contributed by atoms with Crippen LogP contribution >= 0.6 is 0 Å². The molecular formula is C17H22FeO2. The van der Waals surface area contributed by atoms with E-state index in [0.29, 0.717) is 6.42 Å². The van der Waals surface area contributed by atoms with Crippen molar-refractivity contribution in [2.24, 2.45) is 0 Å². The molecule has 0 amide bonds. The molecule has 0 aliphatic heterocycles. The average Bonchev–Trinajstić information content (AvgIpc) is 3.14. The summed E-state index contributed by atoms with van der Waals surface area (Å²) in [6, 6.07) is 18.1. The van der Waals surface area contributed by atoms with Gasteiger partial charge in [0, 0.05) is 13.2 Å². The maximum absolute atomic E-state index is 8.76. The van der Waals surface area contributed by atoms with Crippen molar-refractivity contribution in [1.29, 1.82) is 0 Å². The summed E-state index contributed by atoms with van der Waals surface area (Å²) < 4.78 is 0. The van der Waals surface area contributed by atoms with Crippen molar-refractivity contribution in [2.45, 2.75) is 19.3 Å². The Kier molecular flexibility index (Phi) is 12.2. The molecule has 2 rings (SSSR count). The van der Waals surface area contributed by atoms with Crippen molar-refractivity contribution in [3.63, 3.8) is 0 Å². The molecule has 0 heterocycles. The average molecular weight is 314 g/mol. The number of hydrogen-bond acceptors (Lipinski definition) is 2. The summed E-state index contributed by atoms with van der Waals surface area (Å²) in [5.74, 6) is 0. The van der Waals surface area contributed by atoms with E-state index in [1.165, 1.54) is 11.1 Å². The fourth-order valence-electron chi connectivity index (χ4n) is 1.78. The van der Waals surface area contributed by atoms with Crippen LogP contribution in [-0.4, -0.2) is 23.4 Å². The van der Waals surface area contributed by atoms with Crippen molar-refractivity contribution in [2.75, 3.05) is 13.2 Å². The minimum Gasteiger partial charge on any atom is -0.397 e. The second-order valence-corrected chi connectivity index (χ2v) is 4.20. The minimum absolute atomic E-state index is 0. The van der Waals surface area contributed by atoms with E-state index in [-0.39, 0.29) is 30.3 Å². The van der Waals surface area contributed by atoms with E-state index in [9.17, 15) is 0 Å². The van der Waals surface area contributed by atoms with E-state index in [0.717, 1.165) is 12.8 Å². The summed E-state index contributed by atoms with van der Waals surface area (Å²) in [5, 5.41) is 17.5. The SMILES string of the molecule is OCCC=C(CCCO)[c-]1cccc1.[Fe+2].c1cc[cH-]c1. The number of aliphatic hydroxyl groups excluding tert-OH is 2. The van der Waals surface area contributed by atoms with E-state index in [2.05, 4.69) is 12.1 Å². The van der Waals surface area contributed by atoms with Crippen LogP contribution in [0.5, 0.6) is 0 Å². The molecule has 0 fully saturated rings. The molecule has 0 bridgehead atoms. The first-order valence-electron chi connectivity index (χ1n) is 6.68. The van der Waals surface area contributed by atoms with Crippen LogP contribution in [-0.2, 0) is 17.1 Å². The van der Waals surface area contributed by atoms with Gasteiger partial charge in [-0.2, -0.15) is 30.3 Å². The molecule has 0 spiro atoms. The smallest absolute Gasteiger partial charge is 0.397 e. The van der Waals surface area contributed by atoms with Gasteiger partial charge in [0.05, 0.1) is 0 Å². The molecule has 2 aromatic carbocycles. The van der Waals surface area contributed by atoms with Crippen molar-refractivity contribution in [3.05, 3.63) is 66.2 Å². The van der Waals surface area contributed by atoms with Crippen LogP contribution in [0.15, 0.2) is 60.7 Å². The Morgan fingerprint density at radius 2 is 1.65 bits per heavy atom. The third kappa shape index (κ3) is 8.13. The largest absolute Gasteiger partial charge is 2.00 e. The van der Waals surface area contributed by atoms with Crippen LogP contribution in [0.25, 0.3) is 5.57 Å². The van der Waals surface area contributed by atoms with Gasteiger partial charge in [0.1, 0.15) is 0 Å². The van der Waals surface area contributed by atoms with Gasteiger partial charge < -0.3 is 10.2 Å². The first kappa shape index (κ1) is 18.9. The normalized spacial score (nSPS) is 10.4. The zero-order valence-corrected chi connectivity index (χ0v) is 12.7. The molecule has 0 radical (unpaired) electrons. The summed E-state index contributed by atoms with van der Waals surface area (Å²) >= 11 is 0. The topological polar surface area (TPSA) is 40.5 Å². The van der Waals surface area contributed by atoms with Gasteiger partial charge in [-0.15, -0.1) is 29.3 Å². The van der Waals surface area contributed by atoms with Gasteiger partial charge in [-0.05, 0) is 19.3 Å². The van der Waals surface area contributed by atoms with Crippen molar-refractivity contribution < 1.29 is 27.3 Å². The molecular weight excluding hydrogens is 292 g/mol. The quantitative estimate of drug-likeness (QED) is 0.634. The Labute approximate surface area is 132 Å². The van der Waals surface area contributed by atoms with Gasteiger partial charge in [0.2, 0.25) is 0 Å². The molecule has 0 saturated carbocycles. The first-order chi connectivity index (χ1) is 9.38. The predicted molar refractivity (Wildman–Crippen MR) is 80.1 cm³/mol. The molecule has 2 nitrogen and oxygen atoms in total. The Morgan fingerprint density at radius 3 is 2.10 bits per heavy atom. The van der Waals surface area contributed by atoms with Crippen LogP contribution < -0.4 is 0 Å². The van der Waals surface area contributed by atoms with Crippen LogP contribution in [0.1, 0.15) is 24.8 Å². The first-order valence-corrected chi connectivity index (χ1v) is 6.68. The van der Waals surface area contributed by atoms with E-state index in [4.69, 9.17) is 10.2 Å². The second kappa shape index (κ2) is 12.9. The number of aliphatic hydroxyl groups is 2. The molecule has 0 saturated heterocycles. The molecule has 0 aliphatic rings. The van der Waals surface area contributed by atoms with Gasteiger partial charge >= 0.3 is 17.1 Å². The summed E-state index contributed by atoms with van der Waals surface area (Å²) in [6.07, 6.45) is 4.39. The molecule has 0 aromatic heterocycles. The number of allylic oxidation sites excluding steroid dienone is 1. The van der Waals surface area contributed by atoms with Crippen LogP contribution in [0.2, 0.25) is 0 Å². The van der Waals surface area contributed by atoms with E-state index in [1.807, 2.05) is 48.5 Å². The van der Waals surface area contributed by atoms with Gasteiger partial charge in [-0.25, -0.2) is 12.1 Å². The Hall–Kier alpha value is -1.12. The maximum Gasteiger partial charge on any atom is 2.00 e. The van der Waals surface area contributed by atoms with Crippen molar-refractivity contribution in [1.82, 2.24) is 0 Å². The summed E-state index contributed by atoms with van der Waals surface area (Å²) in [6.45, 7) is 0.403. The summed E-state index contributed by atoms with van der Waals surface area (Å²) in [4.78, 5) is 0. The van der Waals surface area contributed by atoms with Crippen LogP contribution in [0.4, 0.5) is 0 Å². The van der Waals surface area contributed by atoms with Crippen molar-refractivity contribution >= 4 is 5.57 Å². The molecule has 0 unspecified atom stereocenters. The summed E-state index contributed by atoms with van der Waals surface area (Å²) in [5.41, 5.74) is 2.42. The van der Waals surface area contributed by atoms with E-state index >= 15 is 0 Å². The molecule has 2 aromatic rings. The van der Waals surface area contributed by atoms with Crippen LogP contribution in [0.3, 0.4) is 0 Å². The van der Waals surface area contributed by atoms with E-state index in [1.54, 1.807) is 0 Å². The van der Waals surface area contributed by atoms with Crippen molar-refractivity contribution in [3.8, 4) is 0 Å². The predicted octanol–water partition coefficient (Wildman–Crippen LogP) is 3.35. The van der Waals surface area contributed by atoms with Gasteiger partial charge in [0.25, 0.3) is 0 Å². The molecule has 3 heteroatoms. The fraction of sp³-hybridized carbons (Fsp3) is 0.294. The third-order valence-corrected chi connectivity index (χ3v) is 2.71. The molecule has 20 heavy (non-hydrogen) atoms. The zero-order valence-electron chi connectivity index (χ0n) is 11.6. The molecule has 0 aliphatic carbocycles. The second-order valence-electron chi connectivity index (χ2n) is 4.20. The van der Waals surface area contributed by atoms with Gasteiger partial charge in [0.15, 0.2) is 0 Å². The zero-order chi connectivity index (χ0) is 13.8. The Morgan fingerprint density at radius 1 is 1.00 bits per heavy atom.